The molecular formula is C11H17NO2S2. The van der Waals surface area contributed by atoms with E-state index in [0.29, 0.717) is 17.6 Å². The fourth-order valence-electron chi connectivity index (χ4n) is 1.01. The zero-order valence-corrected chi connectivity index (χ0v) is 11.5. The first-order chi connectivity index (χ1) is 7.67. The molecule has 0 radical (unpaired) electrons. The van der Waals surface area contributed by atoms with E-state index in [1.54, 1.807) is 12.3 Å². The van der Waals surface area contributed by atoms with Crippen molar-refractivity contribution in [2.24, 2.45) is 0 Å². The number of aromatic nitrogens is 1. The van der Waals surface area contributed by atoms with Crippen LogP contribution in [0.5, 0.6) is 0 Å². The molecule has 0 N–H and O–H groups in total. The van der Waals surface area contributed by atoms with Crippen LogP contribution < -0.4 is 0 Å². The summed E-state index contributed by atoms with van der Waals surface area (Å²) < 4.78 is 4.89. The molecule has 0 saturated heterocycles. The summed E-state index contributed by atoms with van der Waals surface area (Å²) in [7, 11) is 0. The summed E-state index contributed by atoms with van der Waals surface area (Å²) in [5, 5.41) is 3.40. The molecule has 0 spiro atoms. The summed E-state index contributed by atoms with van der Waals surface area (Å²) >= 11 is 3.39. The maximum atomic E-state index is 11.4. The van der Waals surface area contributed by atoms with Crippen LogP contribution in [0.4, 0.5) is 0 Å². The number of nitrogens with zero attached hydrogens (tertiary/aromatic N) is 1. The minimum Gasteiger partial charge on any atom is -0.461 e. The smallest absolute Gasteiger partial charge is 0.357 e. The van der Waals surface area contributed by atoms with Crippen LogP contribution in [0.15, 0.2) is 5.38 Å². The van der Waals surface area contributed by atoms with Gasteiger partial charge in [-0.05, 0) is 13.3 Å². The van der Waals surface area contributed by atoms with Gasteiger partial charge < -0.3 is 4.74 Å². The molecule has 1 unspecified atom stereocenters. The maximum Gasteiger partial charge on any atom is 0.357 e. The Hall–Kier alpha value is -0.550. The quantitative estimate of drug-likeness (QED) is 0.734. The van der Waals surface area contributed by atoms with Gasteiger partial charge in [-0.15, -0.1) is 11.3 Å². The summed E-state index contributed by atoms with van der Waals surface area (Å²) in [5.74, 6) is 0.553. The molecule has 0 bridgehead atoms. The second kappa shape index (κ2) is 6.91. The second-order valence-corrected chi connectivity index (χ2v) is 5.75. The van der Waals surface area contributed by atoms with Crippen molar-refractivity contribution in [3.05, 3.63) is 16.1 Å². The highest BCUT2D eigenvalue weighted by molar-refractivity contribution is 7.99. The SMILES string of the molecule is CCOC(=O)c1csc(CSC(C)CC)n1. The highest BCUT2D eigenvalue weighted by Crippen LogP contribution is 2.22. The van der Waals surface area contributed by atoms with Gasteiger partial charge in [-0.25, -0.2) is 9.78 Å². The van der Waals surface area contributed by atoms with Gasteiger partial charge in [0.2, 0.25) is 0 Å². The Morgan fingerprint density at radius 2 is 2.38 bits per heavy atom. The highest BCUT2D eigenvalue weighted by Gasteiger charge is 2.11. The minimum absolute atomic E-state index is 0.321. The lowest BCUT2D eigenvalue weighted by Gasteiger charge is -2.05. The number of thiazole rings is 1. The summed E-state index contributed by atoms with van der Waals surface area (Å²) in [6, 6.07) is 0. The van der Waals surface area contributed by atoms with E-state index in [2.05, 4.69) is 18.8 Å². The Labute approximate surface area is 105 Å². The first kappa shape index (κ1) is 13.5. The van der Waals surface area contributed by atoms with Gasteiger partial charge in [-0.2, -0.15) is 11.8 Å². The van der Waals surface area contributed by atoms with Gasteiger partial charge in [0.15, 0.2) is 5.69 Å². The predicted molar refractivity (Wildman–Crippen MR) is 69.1 cm³/mol. The van der Waals surface area contributed by atoms with Gasteiger partial charge in [-0.1, -0.05) is 13.8 Å². The minimum atomic E-state index is -0.321. The number of hydrogen-bond acceptors (Lipinski definition) is 5. The summed E-state index contributed by atoms with van der Waals surface area (Å²) in [4.78, 5) is 15.6. The van der Waals surface area contributed by atoms with Crippen molar-refractivity contribution >= 4 is 29.1 Å². The Bertz CT molecular complexity index is 338. The van der Waals surface area contributed by atoms with Gasteiger partial charge in [0.1, 0.15) is 5.01 Å². The van der Waals surface area contributed by atoms with E-state index >= 15 is 0 Å². The monoisotopic (exact) mass is 259 g/mol. The average Bonchev–Trinajstić information content (AvgIpc) is 2.75. The molecule has 0 saturated carbocycles. The number of esters is 1. The molecule has 3 nitrogen and oxygen atoms in total. The summed E-state index contributed by atoms with van der Waals surface area (Å²) in [6.07, 6.45) is 1.15. The predicted octanol–water partition coefficient (Wildman–Crippen LogP) is 3.35. The molecule has 5 heteroatoms. The zero-order chi connectivity index (χ0) is 12.0. The summed E-state index contributed by atoms with van der Waals surface area (Å²) in [6.45, 7) is 6.56. The number of carbonyl (C=O) groups excluding carboxylic acids is 1. The standard InChI is InChI=1S/C11H17NO2S2/c1-4-8(3)15-7-10-12-9(6-16-10)11(13)14-5-2/h6,8H,4-5,7H2,1-3H3. The molecule has 90 valence electrons. The Morgan fingerprint density at radius 1 is 1.62 bits per heavy atom. The van der Waals surface area contributed by atoms with Crippen molar-refractivity contribution in [3.8, 4) is 0 Å². The molecule has 1 aromatic heterocycles. The van der Waals surface area contributed by atoms with Crippen LogP contribution >= 0.6 is 23.1 Å². The van der Waals surface area contributed by atoms with E-state index in [-0.39, 0.29) is 5.97 Å². The van der Waals surface area contributed by atoms with Gasteiger partial charge in [0, 0.05) is 16.4 Å². The number of carbonyl (C=O) groups is 1. The number of rotatable bonds is 6. The average molecular weight is 259 g/mol. The lowest BCUT2D eigenvalue weighted by atomic mass is 10.4. The van der Waals surface area contributed by atoms with E-state index in [1.165, 1.54) is 11.3 Å². The molecule has 0 aliphatic rings. The zero-order valence-electron chi connectivity index (χ0n) is 9.86. The van der Waals surface area contributed by atoms with Crippen molar-refractivity contribution in [1.82, 2.24) is 4.98 Å². The second-order valence-electron chi connectivity index (χ2n) is 3.38. The van der Waals surface area contributed by atoms with Crippen LogP contribution in [0.25, 0.3) is 0 Å². The van der Waals surface area contributed by atoms with Gasteiger partial charge in [-0.3, -0.25) is 0 Å². The van der Waals surface area contributed by atoms with Gasteiger partial charge in [0.05, 0.1) is 6.61 Å². The van der Waals surface area contributed by atoms with Crippen LogP contribution in [-0.4, -0.2) is 22.8 Å². The molecule has 1 heterocycles. The fraction of sp³-hybridized carbons (Fsp3) is 0.636. The third-order valence-electron chi connectivity index (χ3n) is 2.10. The van der Waals surface area contributed by atoms with Crippen molar-refractivity contribution in [3.63, 3.8) is 0 Å². The van der Waals surface area contributed by atoms with Crippen LogP contribution in [0.1, 0.15) is 42.7 Å². The Morgan fingerprint density at radius 3 is 3.00 bits per heavy atom. The van der Waals surface area contributed by atoms with Crippen LogP contribution in [0.3, 0.4) is 0 Å². The van der Waals surface area contributed by atoms with Crippen molar-refractivity contribution < 1.29 is 9.53 Å². The Kier molecular flexibility index (Phi) is 5.84. The lowest BCUT2D eigenvalue weighted by Crippen LogP contribution is -2.05. The van der Waals surface area contributed by atoms with E-state index in [0.717, 1.165) is 17.2 Å². The molecule has 16 heavy (non-hydrogen) atoms. The lowest BCUT2D eigenvalue weighted by molar-refractivity contribution is 0.0520. The number of thioether (sulfide) groups is 1. The Balaban J connectivity index is 2.48. The first-order valence-electron chi connectivity index (χ1n) is 5.40. The van der Waals surface area contributed by atoms with Crippen LogP contribution in [0.2, 0.25) is 0 Å². The molecule has 1 atom stereocenters. The molecule has 0 aromatic carbocycles. The fourth-order valence-corrected chi connectivity index (χ4v) is 2.76. The molecule has 0 fully saturated rings. The van der Waals surface area contributed by atoms with Crippen molar-refractivity contribution in [1.29, 1.82) is 0 Å². The van der Waals surface area contributed by atoms with E-state index in [4.69, 9.17) is 4.74 Å². The van der Waals surface area contributed by atoms with Crippen LogP contribution in [-0.2, 0) is 10.5 Å². The molecule has 0 aliphatic carbocycles. The molecule has 0 amide bonds. The molecule has 1 rings (SSSR count). The molecule has 1 aromatic rings. The van der Waals surface area contributed by atoms with Gasteiger partial charge in [0.25, 0.3) is 0 Å². The van der Waals surface area contributed by atoms with Gasteiger partial charge >= 0.3 is 5.97 Å². The molecular weight excluding hydrogens is 242 g/mol. The third-order valence-corrected chi connectivity index (χ3v) is 4.48. The normalized spacial score (nSPS) is 12.4. The van der Waals surface area contributed by atoms with Crippen molar-refractivity contribution in [2.45, 2.75) is 38.2 Å². The van der Waals surface area contributed by atoms with E-state index < -0.39 is 0 Å². The maximum absolute atomic E-state index is 11.4. The van der Waals surface area contributed by atoms with E-state index in [1.807, 2.05) is 11.8 Å². The summed E-state index contributed by atoms with van der Waals surface area (Å²) in [5.41, 5.74) is 0.437. The third kappa shape index (κ3) is 4.14. The number of ether oxygens (including phenoxy) is 1. The highest BCUT2D eigenvalue weighted by atomic mass is 32.2. The number of hydrogen-bond donors (Lipinski definition) is 0. The van der Waals surface area contributed by atoms with Crippen LogP contribution in [0, 0.1) is 0 Å². The molecule has 0 aliphatic heterocycles. The van der Waals surface area contributed by atoms with Crippen molar-refractivity contribution in [2.75, 3.05) is 6.61 Å². The topological polar surface area (TPSA) is 39.2 Å². The first-order valence-corrected chi connectivity index (χ1v) is 7.33. The largest absolute Gasteiger partial charge is 0.461 e. The van der Waals surface area contributed by atoms with E-state index in [9.17, 15) is 4.79 Å².